The Morgan fingerprint density at radius 2 is 1.86 bits per heavy atom. The van der Waals surface area contributed by atoms with Gasteiger partial charge in [-0.1, -0.05) is 26.0 Å². The van der Waals surface area contributed by atoms with Crippen molar-refractivity contribution in [2.24, 2.45) is 0 Å². The average molecular weight is 416 g/mol. The SMILES string of the molecule is CCOC(=O)c1c(NC(=O)COc2ccc(C(C)CC)cc2)sc2c1CCCC2. The fraction of sp³-hybridized carbons (Fsp3) is 0.478. The molecule has 1 aliphatic carbocycles. The van der Waals surface area contributed by atoms with Gasteiger partial charge in [0, 0.05) is 4.88 Å². The van der Waals surface area contributed by atoms with Crippen LogP contribution in [0.5, 0.6) is 5.75 Å². The van der Waals surface area contributed by atoms with E-state index in [0.29, 0.717) is 28.8 Å². The number of rotatable bonds is 8. The van der Waals surface area contributed by atoms with Crippen molar-refractivity contribution in [1.29, 1.82) is 0 Å². The van der Waals surface area contributed by atoms with Crippen LogP contribution in [0.4, 0.5) is 5.00 Å². The predicted molar refractivity (Wildman–Crippen MR) is 116 cm³/mol. The Morgan fingerprint density at radius 1 is 1.14 bits per heavy atom. The van der Waals surface area contributed by atoms with Gasteiger partial charge >= 0.3 is 5.97 Å². The summed E-state index contributed by atoms with van der Waals surface area (Å²) < 4.78 is 10.9. The van der Waals surface area contributed by atoms with Crippen LogP contribution in [0.2, 0.25) is 0 Å². The Morgan fingerprint density at radius 3 is 2.55 bits per heavy atom. The molecule has 0 fully saturated rings. The summed E-state index contributed by atoms with van der Waals surface area (Å²) >= 11 is 1.49. The molecule has 0 saturated heterocycles. The molecule has 1 N–H and O–H groups in total. The van der Waals surface area contributed by atoms with Gasteiger partial charge < -0.3 is 14.8 Å². The summed E-state index contributed by atoms with van der Waals surface area (Å²) in [5, 5.41) is 3.45. The molecule has 0 saturated carbocycles. The Balaban J connectivity index is 1.66. The highest BCUT2D eigenvalue weighted by Gasteiger charge is 2.27. The second-order valence-electron chi connectivity index (χ2n) is 7.35. The van der Waals surface area contributed by atoms with E-state index in [0.717, 1.165) is 37.7 Å². The Hall–Kier alpha value is -2.34. The van der Waals surface area contributed by atoms with Crippen molar-refractivity contribution in [3.8, 4) is 5.75 Å². The molecule has 29 heavy (non-hydrogen) atoms. The molecule has 0 spiro atoms. The molecule has 1 atom stereocenters. The van der Waals surface area contributed by atoms with Crippen LogP contribution in [0.25, 0.3) is 0 Å². The predicted octanol–water partition coefficient (Wildman–Crippen LogP) is 5.33. The minimum Gasteiger partial charge on any atom is -0.484 e. The van der Waals surface area contributed by atoms with Gasteiger partial charge in [0.2, 0.25) is 0 Å². The first-order valence-corrected chi connectivity index (χ1v) is 11.2. The highest BCUT2D eigenvalue weighted by atomic mass is 32.1. The van der Waals surface area contributed by atoms with Gasteiger partial charge in [0.05, 0.1) is 12.2 Å². The molecular formula is C23H29NO4S. The maximum absolute atomic E-state index is 12.5. The Labute approximate surface area is 176 Å². The van der Waals surface area contributed by atoms with E-state index in [2.05, 4.69) is 19.2 Å². The minimum atomic E-state index is -0.358. The van der Waals surface area contributed by atoms with Crippen LogP contribution in [-0.4, -0.2) is 25.1 Å². The molecule has 0 aliphatic heterocycles. The quantitative estimate of drug-likeness (QED) is 0.592. The summed E-state index contributed by atoms with van der Waals surface area (Å²) in [5.41, 5.74) is 2.82. The van der Waals surface area contributed by atoms with Crippen molar-refractivity contribution < 1.29 is 19.1 Å². The van der Waals surface area contributed by atoms with E-state index in [1.54, 1.807) is 6.92 Å². The number of fused-ring (bicyclic) bond motifs is 1. The van der Waals surface area contributed by atoms with Crippen LogP contribution in [0.3, 0.4) is 0 Å². The third-order valence-corrected chi connectivity index (χ3v) is 6.54. The van der Waals surface area contributed by atoms with Crippen LogP contribution < -0.4 is 10.1 Å². The van der Waals surface area contributed by atoms with Gasteiger partial charge in [-0.3, -0.25) is 4.79 Å². The van der Waals surface area contributed by atoms with Crippen molar-refractivity contribution in [2.75, 3.05) is 18.5 Å². The Bertz CT molecular complexity index is 857. The largest absolute Gasteiger partial charge is 0.484 e. The smallest absolute Gasteiger partial charge is 0.341 e. The molecule has 3 rings (SSSR count). The molecule has 1 aromatic heterocycles. The summed E-state index contributed by atoms with van der Waals surface area (Å²) in [6.45, 7) is 6.34. The van der Waals surface area contributed by atoms with Gasteiger partial charge in [0.25, 0.3) is 5.91 Å². The van der Waals surface area contributed by atoms with Gasteiger partial charge in [-0.15, -0.1) is 11.3 Å². The highest BCUT2D eigenvalue weighted by Crippen LogP contribution is 2.38. The first-order valence-electron chi connectivity index (χ1n) is 10.4. The van der Waals surface area contributed by atoms with Gasteiger partial charge in [0.15, 0.2) is 6.61 Å². The standard InChI is InChI=1S/C23H29NO4S/c1-4-15(3)16-10-12-17(13-11-16)28-14-20(25)24-22-21(23(26)27-5-2)18-8-6-7-9-19(18)29-22/h10-13,15H,4-9,14H2,1-3H3,(H,24,25). The fourth-order valence-electron chi connectivity index (χ4n) is 3.51. The number of anilines is 1. The van der Waals surface area contributed by atoms with Gasteiger partial charge in [-0.25, -0.2) is 4.79 Å². The first-order chi connectivity index (χ1) is 14.0. The number of esters is 1. The number of carbonyl (C=O) groups excluding carboxylic acids is 2. The van der Waals surface area contributed by atoms with Gasteiger partial charge in [-0.05, 0) is 68.2 Å². The van der Waals surface area contributed by atoms with Crippen LogP contribution in [0.1, 0.15) is 72.3 Å². The number of thiophene rings is 1. The van der Waals surface area contributed by atoms with Crippen LogP contribution >= 0.6 is 11.3 Å². The monoisotopic (exact) mass is 415 g/mol. The summed E-state index contributed by atoms with van der Waals surface area (Å²) in [5.74, 6) is 0.519. The van der Waals surface area contributed by atoms with E-state index >= 15 is 0 Å². The number of hydrogen-bond acceptors (Lipinski definition) is 5. The molecule has 1 heterocycles. The third-order valence-electron chi connectivity index (χ3n) is 5.34. The number of benzene rings is 1. The van der Waals surface area contributed by atoms with Crippen molar-refractivity contribution in [3.05, 3.63) is 45.8 Å². The fourth-order valence-corrected chi connectivity index (χ4v) is 4.81. The number of nitrogens with one attached hydrogen (secondary N) is 1. The summed E-state index contributed by atoms with van der Waals surface area (Å²) in [6, 6.07) is 7.85. The number of aryl methyl sites for hydroxylation is 1. The van der Waals surface area contributed by atoms with Crippen molar-refractivity contribution in [3.63, 3.8) is 0 Å². The second kappa shape index (κ2) is 9.92. The Kier molecular flexibility index (Phi) is 7.31. The molecule has 1 aliphatic rings. The molecular weight excluding hydrogens is 386 g/mol. The lowest BCUT2D eigenvalue weighted by molar-refractivity contribution is -0.118. The molecule has 1 unspecified atom stereocenters. The zero-order chi connectivity index (χ0) is 20.8. The number of amides is 1. The number of carbonyl (C=O) groups is 2. The van der Waals surface area contributed by atoms with E-state index < -0.39 is 0 Å². The van der Waals surface area contributed by atoms with Crippen LogP contribution in [0.15, 0.2) is 24.3 Å². The molecule has 5 nitrogen and oxygen atoms in total. The number of ether oxygens (including phenoxy) is 2. The summed E-state index contributed by atoms with van der Waals surface area (Å²) in [4.78, 5) is 26.1. The molecule has 2 aromatic rings. The van der Waals surface area contributed by atoms with Crippen LogP contribution in [-0.2, 0) is 22.4 Å². The van der Waals surface area contributed by atoms with E-state index in [-0.39, 0.29) is 18.5 Å². The summed E-state index contributed by atoms with van der Waals surface area (Å²) in [7, 11) is 0. The second-order valence-corrected chi connectivity index (χ2v) is 8.46. The molecule has 156 valence electrons. The number of hydrogen-bond donors (Lipinski definition) is 1. The van der Waals surface area contributed by atoms with Gasteiger partial charge in [-0.2, -0.15) is 0 Å². The lowest BCUT2D eigenvalue weighted by Crippen LogP contribution is -2.21. The summed E-state index contributed by atoms with van der Waals surface area (Å²) in [6.07, 6.45) is 5.05. The van der Waals surface area contributed by atoms with E-state index in [1.165, 1.54) is 21.8 Å². The van der Waals surface area contributed by atoms with Crippen molar-refractivity contribution in [2.45, 2.75) is 58.8 Å². The third kappa shape index (κ3) is 5.18. The zero-order valence-electron chi connectivity index (χ0n) is 17.4. The molecule has 6 heteroatoms. The van der Waals surface area contributed by atoms with E-state index in [1.807, 2.05) is 24.3 Å². The maximum atomic E-state index is 12.5. The highest BCUT2D eigenvalue weighted by molar-refractivity contribution is 7.17. The van der Waals surface area contributed by atoms with Crippen molar-refractivity contribution in [1.82, 2.24) is 0 Å². The van der Waals surface area contributed by atoms with Crippen LogP contribution in [0, 0.1) is 0 Å². The topological polar surface area (TPSA) is 64.6 Å². The van der Waals surface area contributed by atoms with Gasteiger partial charge in [0.1, 0.15) is 10.8 Å². The van der Waals surface area contributed by atoms with E-state index in [9.17, 15) is 9.59 Å². The van der Waals surface area contributed by atoms with Crippen molar-refractivity contribution >= 4 is 28.2 Å². The zero-order valence-corrected chi connectivity index (χ0v) is 18.2. The molecule has 1 amide bonds. The molecule has 0 bridgehead atoms. The molecule has 0 radical (unpaired) electrons. The van der Waals surface area contributed by atoms with E-state index in [4.69, 9.17) is 9.47 Å². The minimum absolute atomic E-state index is 0.104. The lowest BCUT2D eigenvalue weighted by Gasteiger charge is -2.12. The average Bonchev–Trinajstić information content (AvgIpc) is 3.10. The molecule has 1 aromatic carbocycles. The lowest BCUT2D eigenvalue weighted by atomic mass is 9.95. The first kappa shape index (κ1) is 21.4. The maximum Gasteiger partial charge on any atom is 0.341 e. The normalized spacial score (nSPS) is 14.0.